The number of hydrogen-bond donors (Lipinski definition) is 1. The van der Waals surface area contributed by atoms with Crippen LogP contribution in [0.25, 0.3) is 22.3 Å². The van der Waals surface area contributed by atoms with Gasteiger partial charge >= 0.3 is 0 Å². The molecule has 1 atom stereocenters. The van der Waals surface area contributed by atoms with E-state index < -0.39 is 17.4 Å². The molecule has 0 aliphatic carbocycles. The van der Waals surface area contributed by atoms with Gasteiger partial charge in [-0.3, -0.25) is 9.59 Å². The van der Waals surface area contributed by atoms with Crippen molar-refractivity contribution in [3.63, 3.8) is 0 Å². The highest BCUT2D eigenvalue weighted by molar-refractivity contribution is 9.10. The molecule has 4 aromatic rings. The molecule has 7 heteroatoms. The van der Waals surface area contributed by atoms with E-state index in [2.05, 4.69) is 21.2 Å². The average molecular weight is 513 g/mol. The van der Waals surface area contributed by atoms with Crippen molar-refractivity contribution in [2.24, 2.45) is 0 Å². The maximum atomic E-state index is 13.3. The quantitative estimate of drug-likeness (QED) is 0.327. The molecule has 162 valence electrons. The van der Waals surface area contributed by atoms with Crippen molar-refractivity contribution >= 4 is 50.1 Å². The van der Waals surface area contributed by atoms with Gasteiger partial charge in [0.25, 0.3) is 5.91 Å². The number of aryl methyl sites for hydroxylation is 1. The highest BCUT2D eigenvalue weighted by Crippen LogP contribution is 2.32. The first-order valence-electron chi connectivity index (χ1n) is 9.88. The molecule has 1 aromatic heterocycles. The molecule has 0 saturated heterocycles. The SMILES string of the molecule is Cc1ccc(-c2oc3ccc(Cl)cc3c(=O)c2O[C@H](C)C(=O)Nc2ccc(Br)cc2)cc1. The molecule has 0 fully saturated rings. The summed E-state index contributed by atoms with van der Waals surface area (Å²) in [5.41, 5.74) is 2.33. The van der Waals surface area contributed by atoms with Gasteiger partial charge in [0.1, 0.15) is 5.58 Å². The van der Waals surface area contributed by atoms with Crippen LogP contribution in [-0.2, 0) is 4.79 Å². The first kappa shape index (κ1) is 22.1. The lowest BCUT2D eigenvalue weighted by molar-refractivity contribution is -0.122. The van der Waals surface area contributed by atoms with Gasteiger partial charge < -0.3 is 14.5 Å². The fourth-order valence-corrected chi connectivity index (χ4v) is 3.60. The summed E-state index contributed by atoms with van der Waals surface area (Å²) >= 11 is 9.45. The predicted octanol–water partition coefficient (Wildman–Crippen LogP) is 6.59. The lowest BCUT2D eigenvalue weighted by atomic mass is 10.1. The van der Waals surface area contributed by atoms with E-state index in [-0.39, 0.29) is 16.9 Å². The number of carbonyl (C=O) groups is 1. The standard InChI is InChI=1S/C25H19BrClNO4/c1-14-3-5-16(6-4-14)23-24(22(29)20-13-18(27)9-12-21(20)32-23)31-15(2)25(30)28-19-10-7-17(26)8-11-19/h3-13,15H,1-2H3,(H,28,30)/t15-/m1/s1. The van der Waals surface area contributed by atoms with Crippen LogP contribution in [0.5, 0.6) is 5.75 Å². The summed E-state index contributed by atoms with van der Waals surface area (Å²) < 4.78 is 12.8. The maximum absolute atomic E-state index is 13.3. The van der Waals surface area contributed by atoms with Crippen LogP contribution in [0.1, 0.15) is 12.5 Å². The summed E-state index contributed by atoms with van der Waals surface area (Å²) in [5.74, 6) is -0.178. The Labute approximate surface area is 198 Å². The first-order valence-corrected chi connectivity index (χ1v) is 11.1. The molecule has 5 nitrogen and oxygen atoms in total. The fraction of sp³-hybridized carbons (Fsp3) is 0.120. The number of ether oxygens (including phenoxy) is 1. The Morgan fingerprint density at radius 1 is 1.06 bits per heavy atom. The molecule has 4 rings (SSSR count). The number of carbonyl (C=O) groups excluding carboxylic acids is 1. The maximum Gasteiger partial charge on any atom is 0.265 e. The van der Waals surface area contributed by atoms with E-state index in [0.717, 1.165) is 10.0 Å². The molecular formula is C25H19BrClNO4. The second-order valence-electron chi connectivity index (χ2n) is 7.35. The van der Waals surface area contributed by atoms with Gasteiger partial charge in [0.05, 0.1) is 5.39 Å². The molecule has 0 bridgehead atoms. The van der Waals surface area contributed by atoms with Crippen molar-refractivity contribution < 1.29 is 13.9 Å². The third-order valence-electron chi connectivity index (χ3n) is 4.90. The van der Waals surface area contributed by atoms with Gasteiger partial charge in [-0.05, 0) is 56.3 Å². The lowest BCUT2D eigenvalue weighted by Crippen LogP contribution is -2.31. The molecule has 3 aromatic carbocycles. The number of amides is 1. The van der Waals surface area contributed by atoms with Crippen LogP contribution in [0, 0.1) is 6.92 Å². The van der Waals surface area contributed by atoms with E-state index in [1.165, 1.54) is 6.07 Å². The molecule has 0 radical (unpaired) electrons. The Morgan fingerprint density at radius 2 is 1.75 bits per heavy atom. The summed E-state index contributed by atoms with van der Waals surface area (Å²) in [6.07, 6.45) is -0.956. The minimum Gasteiger partial charge on any atom is -0.473 e. The molecule has 0 unspecified atom stereocenters. The van der Waals surface area contributed by atoms with Crippen LogP contribution in [0.15, 0.2) is 80.4 Å². The predicted molar refractivity (Wildman–Crippen MR) is 131 cm³/mol. The Bertz CT molecular complexity index is 1350. The van der Waals surface area contributed by atoms with Crippen LogP contribution in [0.4, 0.5) is 5.69 Å². The Kier molecular flexibility index (Phi) is 6.35. The minimum atomic E-state index is -0.956. The van der Waals surface area contributed by atoms with Gasteiger partial charge in [-0.25, -0.2) is 0 Å². The Balaban J connectivity index is 1.73. The highest BCUT2D eigenvalue weighted by Gasteiger charge is 2.23. The van der Waals surface area contributed by atoms with Gasteiger partial charge in [0, 0.05) is 20.7 Å². The summed E-state index contributed by atoms with van der Waals surface area (Å²) in [5, 5.41) is 3.47. The van der Waals surface area contributed by atoms with Crippen molar-refractivity contribution in [3.05, 3.63) is 92.0 Å². The lowest BCUT2D eigenvalue weighted by Gasteiger charge is -2.17. The number of benzene rings is 3. The van der Waals surface area contributed by atoms with E-state index in [0.29, 0.717) is 21.9 Å². The highest BCUT2D eigenvalue weighted by atomic mass is 79.9. The third-order valence-corrected chi connectivity index (χ3v) is 5.66. The number of rotatable bonds is 5. The number of anilines is 1. The molecule has 0 spiro atoms. The molecular weight excluding hydrogens is 494 g/mol. The van der Waals surface area contributed by atoms with Crippen molar-refractivity contribution in [1.82, 2.24) is 0 Å². The van der Waals surface area contributed by atoms with E-state index in [9.17, 15) is 9.59 Å². The molecule has 0 aliphatic heterocycles. The van der Waals surface area contributed by atoms with Gasteiger partial charge in [-0.15, -0.1) is 0 Å². The smallest absolute Gasteiger partial charge is 0.265 e. The number of nitrogens with one attached hydrogen (secondary N) is 1. The average Bonchev–Trinajstić information content (AvgIpc) is 2.78. The summed E-state index contributed by atoms with van der Waals surface area (Å²) in [4.78, 5) is 26.0. The second kappa shape index (κ2) is 9.18. The van der Waals surface area contributed by atoms with Crippen molar-refractivity contribution in [2.45, 2.75) is 20.0 Å². The molecule has 0 saturated carbocycles. The van der Waals surface area contributed by atoms with E-state index in [4.69, 9.17) is 20.8 Å². The van der Waals surface area contributed by atoms with Crippen LogP contribution in [0.2, 0.25) is 5.02 Å². The fourth-order valence-electron chi connectivity index (χ4n) is 3.16. The summed E-state index contributed by atoms with van der Waals surface area (Å²) in [6, 6.07) is 19.5. The summed E-state index contributed by atoms with van der Waals surface area (Å²) in [6.45, 7) is 3.54. The zero-order valence-corrected chi connectivity index (χ0v) is 19.7. The first-order chi connectivity index (χ1) is 15.3. The van der Waals surface area contributed by atoms with Gasteiger partial charge in [0.2, 0.25) is 11.2 Å². The van der Waals surface area contributed by atoms with E-state index in [1.54, 1.807) is 31.2 Å². The normalized spacial score (nSPS) is 11.9. The molecule has 1 heterocycles. The van der Waals surface area contributed by atoms with Crippen molar-refractivity contribution in [3.8, 4) is 17.1 Å². The topological polar surface area (TPSA) is 68.5 Å². The van der Waals surface area contributed by atoms with Crippen LogP contribution < -0.4 is 15.5 Å². The molecule has 1 amide bonds. The monoisotopic (exact) mass is 511 g/mol. The summed E-state index contributed by atoms with van der Waals surface area (Å²) in [7, 11) is 0. The molecule has 1 N–H and O–H groups in total. The van der Waals surface area contributed by atoms with Crippen LogP contribution in [-0.4, -0.2) is 12.0 Å². The van der Waals surface area contributed by atoms with Gasteiger partial charge in [0.15, 0.2) is 11.9 Å². The zero-order chi connectivity index (χ0) is 22.8. The van der Waals surface area contributed by atoms with Crippen LogP contribution >= 0.6 is 27.5 Å². The minimum absolute atomic E-state index is 0.0397. The molecule has 32 heavy (non-hydrogen) atoms. The van der Waals surface area contributed by atoms with Gasteiger partial charge in [-0.1, -0.05) is 57.4 Å². The van der Waals surface area contributed by atoms with Crippen molar-refractivity contribution in [2.75, 3.05) is 5.32 Å². The number of halogens is 2. The largest absolute Gasteiger partial charge is 0.473 e. The number of hydrogen-bond acceptors (Lipinski definition) is 4. The Hall–Kier alpha value is -3.09. The van der Waals surface area contributed by atoms with E-state index in [1.807, 2.05) is 43.3 Å². The third kappa shape index (κ3) is 4.71. The second-order valence-corrected chi connectivity index (χ2v) is 8.70. The van der Waals surface area contributed by atoms with E-state index >= 15 is 0 Å². The Morgan fingerprint density at radius 3 is 2.44 bits per heavy atom. The van der Waals surface area contributed by atoms with Crippen molar-refractivity contribution in [1.29, 1.82) is 0 Å². The zero-order valence-electron chi connectivity index (χ0n) is 17.3. The van der Waals surface area contributed by atoms with Crippen LogP contribution in [0.3, 0.4) is 0 Å². The number of fused-ring (bicyclic) bond motifs is 1. The molecule has 0 aliphatic rings. The van der Waals surface area contributed by atoms with Gasteiger partial charge in [-0.2, -0.15) is 0 Å².